The normalized spacial score (nSPS) is 19.9. The molecule has 0 amide bonds. The van der Waals surface area contributed by atoms with Gasteiger partial charge in [0.2, 0.25) is 0 Å². The number of nitrogens with one attached hydrogen (secondary N) is 1. The van der Waals surface area contributed by atoms with Crippen molar-refractivity contribution in [1.29, 1.82) is 0 Å². The van der Waals surface area contributed by atoms with Gasteiger partial charge in [0, 0.05) is 43.0 Å². The van der Waals surface area contributed by atoms with Crippen LogP contribution in [0.1, 0.15) is 43.0 Å². The highest BCUT2D eigenvalue weighted by Gasteiger charge is 2.31. The Labute approximate surface area is 221 Å². The lowest BCUT2D eigenvalue weighted by Crippen LogP contribution is -2.37. The molecule has 3 heterocycles. The van der Waals surface area contributed by atoms with Crippen LogP contribution in [0.15, 0.2) is 59.7 Å². The van der Waals surface area contributed by atoms with Crippen molar-refractivity contribution in [3.8, 4) is 5.75 Å². The summed E-state index contributed by atoms with van der Waals surface area (Å²) >= 11 is 0. The number of aromatic carboxylic acids is 1. The van der Waals surface area contributed by atoms with Gasteiger partial charge in [0.05, 0.1) is 23.5 Å². The van der Waals surface area contributed by atoms with Gasteiger partial charge in [-0.1, -0.05) is 12.1 Å². The van der Waals surface area contributed by atoms with E-state index in [4.69, 9.17) is 17.7 Å². The molecule has 1 aliphatic rings. The highest BCUT2D eigenvalue weighted by atomic mass is 16.5. The molecule has 0 unspecified atom stereocenters. The van der Waals surface area contributed by atoms with Gasteiger partial charge in [0.1, 0.15) is 28.6 Å². The maximum Gasteiger partial charge on any atom is 0.341 e. The molecule has 0 aliphatic heterocycles. The third-order valence-electron chi connectivity index (χ3n) is 6.33. The Morgan fingerprint density at radius 1 is 1.30 bits per heavy atom. The van der Waals surface area contributed by atoms with Gasteiger partial charge in [-0.25, -0.2) is 9.78 Å². The van der Waals surface area contributed by atoms with Crippen molar-refractivity contribution in [2.75, 3.05) is 31.3 Å². The fourth-order valence-corrected chi connectivity index (χ4v) is 4.24. The third kappa shape index (κ3) is 4.73. The number of aromatic nitrogens is 4. The molecule has 0 radical (unpaired) electrons. The van der Waals surface area contributed by atoms with Crippen molar-refractivity contribution in [2.45, 2.75) is 31.5 Å². The van der Waals surface area contributed by atoms with Gasteiger partial charge >= 0.3 is 5.97 Å². The molecule has 1 aliphatic carbocycles. The molecule has 4 aromatic rings. The molecule has 0 spiro atoms. The maximum absolute atomic E-state index is 13.4. The molecule has 0 atom stereocenters. The Bertz CT molecular complexity index is 1700. The number of carbonyl (C=O) groups is 1. The van der Waals surface area contributed by atoms with Crippen LogP contribution < -0.4 is 20.5 Å². The summed E-state index contributed by atoms with van der Waals surface area (Å²) in [6, 6.07) is 11.0. The minimum absolute atomic E-state index is 0.00993. The highest BCUT2D eigenvalue weighted by Crippen LogP contribution is 2.33. The van der Waals surface area contributed by atoms with E-state index in [1.165, 1.54) is 23.8 Å². The number of methoxy groups -OCH3 is 2. The van der Waals surface area contributed by atoms with Crippen LogP contribution in [0.2, 0.25) is 0 Å². The molecule has 3 aromatic heterocycles. The van der Waals surface area contributed by atoms with E-state index in [1.807, 2.05) is 0 Å². The second kappa shape index (κ2) is 9.94. The number of ether oxygens (including phenoxy) is 2. The number of fused-ring (bicyclic) bond motifs is 1. The topological polar surface area (TPSA) is 123 Å². The second-order valence-corrected chi connectivity index (χ2v) is 8.66. The zero-order valence-corrected chi connectivity index (χ0v) is 19.8. The van der Waals surface area contributed by atoms with Crippen molar-refractivity contribution in [3.05, 3.63) is 76.3 Å². The molecular formula is C26H28N6O5. The number of anilines is 3. The van der Waals surface area contributed by atoms with E-state index < -0.39 is 31.6 Å². The van der Waals surface area contributed by atoms with Gasteiger partial charge in [-0.2, -0.15) is 9.61 Å². The summed E-state index contributed by atoms with van der Waals surface area (Å²) in [5.74, 6) is -0.699. The van der Waals surface area contributed by atoms with Crippen LogP contribution in [0, 0.1) is 0 Å². The average Bonchev–Trinajstić information content (AvgIpc) is 3.34. The van der Waals surface area contributed by atoms with E-state index in [2.05, 4.69) is 15.4 Å². The summed E-state index contributed by atoms with van der Waals surface area (Å²) in [6.45, 7) is -2.78. The average molecular weight is 511 g/mol. The van der Waals surface area contributed by atoms with E-state index in [1.54, 1.807) is 36.5 Å². The van der Waals surface area contributed by atoms with Crippen LogP contribution in [0.4, 0.5) is 17.3 Å². The molecular weight excluding hydrogens is 476 g/mol. The molecule has 11 heteroatoms. The van der Waals surface area contributed by atoms with E-state index >= 15 is 0 Å². The van der Waals surface area contributed by atoms with Crippen LogP contribution in [-0.2, 0) is 11.3 Å². The number of hydrogen-bond acceptors (Lipinski definition) is 8. The van der Waals surface area contributed by atoms with E-state index in [0.29, 0.717) is 24.2 Å². The lowest BCUT2D eigenvalue weighted by molar-refractivity contribution is 0.00522. The number of nitrogens with zero attached hydrogens (tertiary/aromatic N) is 5. The predicted molar refractivity (Wildman–Crippen MR) is 138 cm³/mol. The summed E-state index contributed by atoms with van der Waals surface area (Å²) in [5.41, 5.74) is -0.0934. The highest BCUT2D eigenvalue weighted by molar-refractivity contribution is 5.94. The Morgan fingerprint density at radius 3 is 2.81 bits per heavy atom. The number of benzene rings is 1. The molecule has 192 valence electrons. The fraction of sp³-hybridized carbons (Fsp3) is 0.308. The van der Waals surface area contributed by atoms with Gasteiger partial charge in [-0.15, -0.1) is 0 Å². The quantitative estimate of drug-likeness (QED) is 0.349. The molecule has 11 nitrogen and oxygen atoms in total. The summed E-state index contributed by atoms with van der Waals surface area (Å²) in [4.78, 5) is 30.7. The lowest BCUT2D eigenvalue weighted by Gasteiger charge is -2.35. The first-order valence-electron chi connectivity index (χ1n) is 14.4. The summed E-state index contributed by atoms with van der Waals surface area (Å²) in [6.07, 6.45) is 2.84. The van der Waals surface area contributed by atoms with Crippen LogP contribution in [-0.4, -0.2) is 57.5 Å². The maximum atomic E-state index is 13.4. The van der Waals surface area contributed by atoms with Crippen LogP contribution in [0.3, 0.4) is 0 Å². The van der Waals surface area contributed by atoms with E-state index in [-0.39, 0.29) is 41.1 Å². The van der Waals surface area contributed by atoms with Crippen molar-refractivity contribution in [3.63, 3.8) is 0 Å². The second-order valence-electron chi connectivity index (χ2n) is 8.66. The molecule has 5 rings (SSSR count). The number of carboxylic acid groups (broad SMARTS) is 1. The minimum atomic E-state index is -2.68. The summed E-state index contributed by atoms with van der Waals surface area (Å²) < 4.78 is 59.4. The first-order valence-corrected chi connectivity index (χ1v) is 11.4. The Kier molecular flexibility index (Phi) is 4.82. The molecule has 1 saturated carbocycles. The number of hydrogen-bond donors (Lipinski definition) is 2. The van der Waals surface area contributed by atoms with Gasteiger partial charge < -0.3 is 29.4 Å². The Morgan fingerprint density at radius 2 is 2.11 bits per heavy atom. The smallest absolute Gasteiger partial charge is 0.341 e. The summed E-state index contributed by atoms with van der Waals surface area (Å²) in [7, 11) is -1.01. The largest absolute Gasteiger partial charge is 0.497 e. The summed E-state index contributed by atoms with van der Waals surface area (Å²) in [5, 5.41) is 16.8. The van der Waals surface area contributed by atoms with Crippen LogP contribution in [0.25, 0.3) is 5.65 Å². The van der Waals surface area contributed by atoms with Gasteiger partial charge in [0.25, 0.3) is 5.56 Å². The van der Waals surface area contributed by atoms with Crippen molar-refractivity contribution in [2.24, 2.45) is 0 Å². The molecule has 1 aromatic carbocycles. The first kappa shape index (κ1) is 18.0. The molecule has 0 bridgehead atoms. The Balaban J connectivity index is 1.52. The SMILES string of the molecule is [2H]C([2H])([2H])OC1CC(n2cccc(Nc3cc(N(Cc4ccc(OC)cc4)C([2H])([2H])[2H])n4ncc(C(=O)O)c4n3)c2=O)C1. The number of pyridine rings is 1. The zero-order chi connectivity index (χ0) is 31.1. The number of carboxylic acids is 1. The molecule has 37 heavy (non-hydrogen) atoms. The van der Waals surface area contributed by atoms with Gasteiger partial charge in [0.15, 0.2) is 5.65 Å². The molecule has 1 fully saturated rings. The van der Waals surface area contributed by atoms with Crippen molar-refractivity contribution in [1.82, 2.24) is 19.2 Å². The van der Waals surface area contributed by atoms with Gasteiger partial charge in [-0.05, 0) is 42.7 Å². The molecule has 0 saturated heterocycles. The van der Waals surface area contributed by atoms with Crippen molar-refractivity contribution >= 4 is 28.9 Å². The number of rotatable bonds is 9. The minimum Gasteiger partial charge on any atom is -0.497 e. The Hall–Kier alpha value is -4.38. The first-order chi connectivity index (χ1) is 20.2. The lowest BCUT2D eigenvalue weighted by atomic mass is 9.89. The molecule has 2 N–H and O–H groups in total. The van der Waals surface area contributed by atoms with Crippen molar-refractivity contribution < 1.29 is 27.6 Å². The monoisotopic (exact) mass is 510 g/mol. The fourth-order valence-electron chi connectivity index (χ4n) is 4.24. The van der Waals surface area contributed by atoms with Crippen LogP contribution in [0.5, 0.6) is 5.75 Å². The van der Waals surface area contributed by atoms with E-state index in [9.17, 15) is 14.7 Å². The standard InChI is InChI=1S/C26H28N6O5/c1-30(15-16-6-8-18(36-2)9-7-16)23-13-22(29-24-20(26(34)35)14-27-32(23)24)28-21-5-4-10-31(25(21)33)17-11-19(12-17)37-3/h4-10,13-14,17,19H,11-12,15H2,1-3H3,(H,28,29)(H,34,35)/i1D3,3D3. The zero-order valence-electron chi connectivity index (χ0n) is 25.8. The van der Waals surface area contributed by atoms with Crippen LogP contribution >= 0.6 is 0 Å². The third-order valence-corrected chi connectivity index (χ3v) is 6.33. The van der Waals surface area contributed by atoms with Gasteiger partial charge in [-0.3, -0.25) is 4.79 Å². The van der Waals surface area contributed by atoms with E-state index in [0.717, 1.165) is 15.6 Å². The predicted octanol–water partition coefficient (Wildman–Crippen LogP) is 3.33.